The van der Waals surface area contributed by atoms with E-state index < -0.39 is 5.97 Å². The molecule has 4 nitrogen and oxygen atoms in total. The smallest absolute Gasteiger partial charge is 0.328 e. The van der Waals surface area contributed by atoms with Gasteiger partial charge in [0.15, 0.2) is 0 Å². The molecule has 100 valence electrons. The number of carboxylic acids is 1. The SMILES string of the molecule is O=C(O)C=Cc1cccc(C(=O)NCCC2CC2)c1. The van der Waals surface area contributed by atoms with E-state index in [1.807, 2.05) is 0 Å². The van der Waals surface area contributed by atoms with Crippen molar-refractivity contribution in [2.45, 2.75) is 19.3 Å². The Kier molecular flexibility index (Phi) is 4.34. The molecule has 1 amide bonds. The van der Waals surface area contributed by atoms with Crippen LogP contribution in [0.3, 0.4) is 0 Å². The molecule has 1 aromatic rings. The van der Waals surface area contributed by atoms with Crippen molar-refractivity contribution in [3.05, 3.63) is 41.5 Å². The van der Waals surface area contributed by atoms with Crippen LogP contribution in [0.5, 0.6) is 0 Å². The highest BCUT2D eigenvalue weighted by molar-refractivity contribution is 5.95. The molecule has 2 N–H and O–H groups in total. The maximum absolute atomic E-state index is 11.9. The predicted molar refractivity (Wildman–Crippen MR) is 72.8 cm³/mol. The summed E-state index contributed by atoms with van der Waals surface area (Å²) in [5, 5.41) is 11.4. The first-order valence-electron chi connectivity index (χ1n) is 6.44. The van der Waals surface area contributed by atoms with Crippen LogP contribution >= 0.6 is 0 Å². The highest BCUT2D eigenvalue weighted by Crippen LogP contribution is 2.31. The van der Waals surface area contributed by atoms with Gasteiger partial charge in [-0.3, -0.25) is 4.79 Å². The van der Waals surface area contributed by atoms with Gasteiger partial charge in [-0.25, -0.2) is 4.79 Å². The molecule has 4 heteroatoms. The molecular weight excluding hydrogens is 242 g/mol. The summed E-state index contributed by atoms with van der Waals surface area (Å²) in [7, 11) is 0. The molecule has 0 radical (unpaired) electrons. The second-order valence-corrected chi connectivity index (χ2v) is 4.78. The van der Waals surface area contributed by atoms with Gasteiger partial charge in [-0.05, 0) is 36.1 Å². The Morgan fingerprint density at radius 2 is 2.16 bits per heavy atom. The minimum Gasteiger partial charge on any atom is -0.478 e. The summed E-state index contributed by atoms with van der Waals surface area (Å²) < 4.78 is 0. The van der Waals surface area contributed by atoms with E-state index in [0.717, 1.165) is 18.4 Å². The third-order valence-corrected chi connectivity index (χ3v) is 3.10. The first kappa shape index (κ1) is 13.3. The zero-order chi connectivity index (χ0) is 13.7. The quantitative estimate of drug-likeness (QED) is 0.770. The van der Waals surface area contributed by atoms with Crippen molar-refractivity contribution < 1.29 is 14.7 Å². The Balaban J connectivity index is 1.92. The highest BCUT2D eigenvalue weighted by atomic mass is 16.4. The third-order valence-electron chi connectivity index (χ3n) is 3.10. The Morgan fingerprint density at radius 1 is 1.37 bits per heavy atom. The van der Waals surface area contributed by atoms with E-state index in [0.29, 0.717) is 17.7 Å². The van der Waals surface area contributed by atoms with Crippen molar-refractivity contribution in [2.24, 2.45) is 5.92 Å². The molecule has 0 aliphatic heterocycles. The number of hydrogen-bond acceptors (Lipinski definition) is 2. The second-order valence-electron chi connectivity index (χ2n) is 4.78. The topological polar surface area (TPSA) is 66.4 Å². The molecular formula is C15H17NO3. The summed E-state index contributed by atoms with van der Waals surface area (Å²) in [6, 6.07) is 6.92. The molecule has 1 aliphatic carbocycles. The molecule has 0 atom stereocenters. The van der Waals surface area contributed by atoms with Crippen LogP contribution in [0, 0.1) is 5.92 Å². The van der Waals surface area contributed by atoms with Crippen LogP contribution < -0.4 is 5.32 Å². The first-order valence-corrected chi connectivity index (χ1v) is 6.44. The van der Waals surface area contributed by atoms with Crippen LogP contribution in [-0.4, -0.2) is 23.5 Å². The number of hydrogen-bond donors (Lipinski definition) is 2. The average molecular weight is 259 g/mol. The van der Waals surface area contributed by atoms with Gasteiger partial charge in [-0.15, -0.1) is 0 Å². The van der Waals surface area contributed by atoms with Crippen LogP contribution in [0.1, 0.15) is 35.2 Å². The molecule has 2 rings (SSSR count). The monoisotopic (exact) mass is 259 g/mol. The second kappa shape index (κ2) is 6.18. The molecule has 1 saturated carbocycles. The van der Waals surface area contributed by atoms with E-state index >= 15 is 0 Å². The molecule has 0 heterocycles. The Morgan fingerprint density at radius 3 is 2.84 bits per heavy atom. The normalized spacial score (nSPS) is 14.5. The fourth-order valence-electron chi connectivity index (χ4n) is 1.85. The van der Waals surface area contributed by atoms with Gasteiger partial charge in [0.25, 0.3) is 5.91 Å². The number of amides is 1. The van der Waals surface area contributed by atoms with Gasteiger partial charge in [0.05, 0.1) is 0 Å². The van der Waals surface area contributed by atoms with Gasteiger partial charge in [-0.2, -0.15) is 0 Å². The van der Waals surface area contributed by atoms with Crippen LogP contribution in [0.4, 0.5) is 0 Å². The summed E-state index contributed by atoms with van der Waals surface area (Å²) in [6.45, 7) is 0.707. The van der Waals surface area contributed by atoms with Gasteiger partial charge < -0.3 is 10.4 Å². The number of carbonyl (C=O) groups excluding carboxylic acids is 1. The Bertz CT molecular complexity index is 504. The van der Waals surface area contributed by atoms with Gasteiger partial charge in [0, 0.05) is 18.2 Å². The standard InChI is InChI=1S/C15H17NO3/c17-14(18)7-6-12-2-1-3-13(10-12)15(19)16-9-8-11-4-5-11/h1-3,6-7,10-11H,4-5,8-9H2,(H,16,19)(H,17,18). The Labute approximate surface area is 112 Å². The molecule has 0 spiro atoms. The molecule has 0 bridgehead atoms. The molecule has 19 heavy (non-hydrogen) atoms. The molecule has 0 unspecified atom stereocenters. The molecule has 0 saturated heterocycles. The molecule has 1 aliphatic rings. The van der Waals surface area contributed by atoms with E-state index in [1.54, 1.807) is 24.3 Å². The van der Waals surface area contributed by atoms with E-state index in [1.165, 1.54) is 18.9 Å². The zero-order valence-electron chi connectivity index (χ0n) is 10.6. The lowest BCUT2D eigenvalue weighted by Crippen LogP contribution is -2.24. The van der Waals surface area contributed by atoms with Crippen molar-refractivity contribution >= 4 is 18.0 Å². The largest absolute Gasteiger partial charge is 0.478 e. The number of carbonyl (C=O) groups is 2. The maximum Gasteiger partial charge on any atom is 0.328 e. The van der Waals surface area contributed by atoms with Crippen LogP contribution in [0.15, 0.2) is 30.3 Å². The van der Waals surface area contributed by atoms with Crippen molar-refractivity contribution in [1.82, 2.24) is 5.32 Å². The summed E-state index contributed by atoms with van der Waals surface area (Å²) in [6.07, 6.45) is 6.15. The van der Waals surface area contributed by atoms with Crippen molar-refractivity contribution in [3.63, 3.8) is 0 Å². The summed E-state index contributed by atoms with van der Waals surface area (Å²) >= 11 is 0. The minimum atomic E-state index is -1.00. The lowest BCUT2D eigenvalue weighted by molar-refractivity contribution is -0.131. The summed E-state index contributed by atoms with van der Waals surface area (Å²) in [4.78, 5) is 22.3. The molecule has 1 fully saturated rings. The number of rotatable bonds is 6. The van der Waals surface area contributed by atoms with Gasteiger partial charge in [0.1, 0.15) is 0 Å². The lowest BCUT2D eigenvalue weighted by atomic mass is 10.1. The molecule has 0 aromatic heterocycles. The number of nitrogens with one attached hydrogen (secondary N) is 1. The lowest BCUT2D eigenvalue weighted by Gasteiger charge is -2.05. The fourth-order valence-corrected chi connectivity index (χ4v) is 1.85. The van der Waals surface area contributed by atoms with Crippen LogP contribution in [0.25, 0.3) is 6.08 Å². The maximum atomic E-state index is 11.9. The summed E-state index contributed by atoms with van der Waals surface area (Å²) in [5.41, 5.74) is 1.26. The van der Waals surface area contributed by atoms with Crippen molar-refractivity contribution in [1.29, 1.82) is 0 Å². The van der Waals surface area contributed by atoms with Crippen molar-refractivity contribution in [3.8, 4) is 0 Å². The first-order chi connectivity index (χ1) is 9.15. The Hall–Kier alpha value is -2.10. The fraction of sp³-hybridized carbons (Fsp3) is 0.333. The van der Waals surface area contributed by atoms with E-state index in [4.69, 9.17) is 5.11 Å². The van der Waals surface area contributed by atoms with Crippen LogP contribution in [-0.2, 0) is 4.79 Å². The van der Waals surface area contributed by atoms with Gasteiger partial charge in [0.2, 0.25) is 0 Å². The summed E-state index contributed by atoms with van der Waals surface area (Å²) in [5.74, 6) is -0.310. The molecule has 1 aromatic carbocycles. The number of carboxylic acid groups (broad SMARTS) is 1. The van der Waals surface area contributed by atoms with Gasteiger partial charge in [-0.1, -0.05) is 25.0 Å². The predicted octanol–water partition coefficient (Wildman–Crippen LogP) is 2.31. The van der Waals surface area contributed by atoms with E-state index in [2.05, 4.69) is 5.32 Å². The van der Waals surface area contributed by atoms with Gasteiger partial charge >= 0.3 is 5.97 Å². The minimum absolute atomic E-state index is 0.105. The number of aliphatic carboxylic acids is 1. The number of benzene rings is 1. The third kappa shape index (κ3) is 4.58. The average Bonchev–Trinajstić information content (AvgIpc) is 3.21. The highest BCUT2D eigenvalue weighted by Gasteiger charge is 2.20. The van der Waals surface area contributed by atoms with E-state index in [9.17, 15) is 9.59 Å². The van der Waals surface area contributed by atoms with Crippen LogP contribution in [0.2, 0.25) is 0 Å². The van der Waals surface area contributed by atoms with E-state index in [-0.39, 0.29) is 5.91 Å². The van der Waals surface area contributed by atoms with Crippen molar-refractivity contribution in [2.75, 3.05) is 6.54 Å². The zero-order valence-corrected chi connectivity index (χ0v) is 10.6.